The van der Waals surface area contributed by atoms with E-state index >= 15 is 0 Å². The maximum Gasteiger partial charge on any atom is 0.336 e. The van der Waals surface area contributed by atoms with E-state index in [2.05, 4.69) is 20.8 Å². The van der Waals surface area contributed by atoms with Crippen molar-refractivity contribution in [1.29, 1.82) is 0 Å². The summed E-state index contributed by atoms with van der Waals surface area (Å²) in [6, 6.07) is 0. The third-order valence-electron chi connectivity index (χ3n) is 6.46. The first-order chi connectivity index (χ1) is 11.4. The van der Waals surface area contributed by atoms with Crippen molar-refractivity contribution < 1.29 is 19.1 Å². The topological polar surface area (TPSA) is 59.7 Å². The molecule has 2 aliphatic rings. The first-order valence-corrected chi connectivity index (χ1v) is 8.91. The number of allylic oxidation sites excluding steroid dienone is 1. The number of hydrogen-bond acceptors (Lipinski definition) is 4. The molecule has 24 heavy (non-hydrogen) atoms. The molecular formula is C20H28O4. The van der Waals surface area contributed by atoms with Gasteiger partial charge in [0.25, 0.3) is 0 Å². The molecular weight excluding hydrogens is 304 g/mol. The van der Waals surface area contributed by atoms with E-state index in [9.17, 15) is 9.90 Å². The molecule has 0 saturated heterocycles. The average molecular weight is 332 g/mol. The molecule has 1 saturated carbocycles. The van der Waals surface area contributed by atoms with Crippen LogP contribution in [-0.4, -0.2) is 23.8 Å². The number of hydrogen-bond donors (Lipinski definition) is 1. The van der Waals surface area contributed by atoms with Crippen LogP contribution in [0.25, 0.3) is 0 Å². The third-order valence-corrected chi connectivity index (χ3v) is 6.46. The minimum atomic E-state index is -0.383. The lowest BCUT2D eigenvalue weighted by Gasteiger charge is -2.51. The predicted octanol–water partition coefficient (Wildman–Crippen LogP) is 3.59. The fourth-order valence-electron chi connectivity index (χ4n) is 4.52. The average Bonchev–Trinajstić information content (AvgIpc) is 2.88. The molecule has 4 nitrogen and oxygen atoms in total. The zero-order valence-electron chi connectivity index (χ0n) is 15.1. The minimum Gasteiger partial charge on any atom is -0.469 e. The van der Waals surface area contributed by atoms with Crippen LogP contribution in [0.15, 0.2) is 22.3 Å². The zero-order valence-corrected chi connectivity index (χ0v) is 15.1. The summed E-state index contributed by atoms with van der Waals surface area (Å²) >= 11 is 0. The Kier molecular flexibility index (Phi) is 4.60. The molecule has 1 aromatic rings. The number of aliphatic hydroxyl groups is 1. The Balaban J connectivity index is 1.77. The van der Waals surface area contributed by atoms with Crippen LogP contribution in [0.3, 0.4) is 0 Å². The van der Waals surface area contributed by atoms with Crippen molar-refractivity contribution >= 4 is 5.97 Å². The van der Waals surface area contributed by atoms with Crippen molar-refractivity contribution in [2.24, 2.45) is 17.3 Å². The number of fused-ring (bicyclic) bond motifs is 2. The van der Waals surface area contributed by atoms with Crippen LogP contribution in [0.5, 0.6) is 0 Å². The molecule has 1 N–H and O–H groups in total. The quantitative estimate of drug-likeness (QED) is 0.679. The molecule has 0 aliphatic heterocycles. The van der Waals surface area contributed by atoms with Gasteiger partial charge in [0, 0.05) is 6.42 Å². The highest BCUT2D eigenvalue weighted by Gasteiger charge is 2.49. The van der Waals surface area contributed by atoms with Gasteiger partial charge in [-0.25, -0.2) is 4.79 Å². The van der Waals surface area contributed by atoms with Gasteiger partial charge in [0.05, 0.1) is 18.4 Å². The first kappa shape index (κ1) is 17.3. The number of carbonyl (C=O) groups is 1. The van der Waals surface area contributed by atoms with Gasteiger partial charge in [-0.3, -0.25) is 0 Å². The minimum absolute atomic E-state index is 0.0790. The summed E-state index contributed by atoms with van der Waals surface area (Å²) in [7, 11) is 0. The number of carbonyl (C=O) groups excluding carboxylic acids is 1. The second-order valence-electron chi connectivity index (χ2n) is 7.78. The Morgan fingerprint density at radius 1 is 1.50 bits per heavy atom. The summed E-state index contributed by atoms with van der Waals surface area (Å²) in [4.78, 5) is 12.2. The molecule has 0 unspecified atom stereocenters. The smallest absolute Gasteiger partial charge is 0.336 e. The molecule has 4 atom stereocenters. The molecule has 0 spiro atoms. The lowest BCUT2D eigenvalue weighted by Crippen LogP contribution is -2.48. The van der Waals surface area contributed by atoms with E-state index in [1.807, 2.05) is 6.26 Å². The second-order valence-corrected chi connectivity index (χ2v) is 7.78. The standard InChI is InChI=1S/C20H28O4/c1-5-14(10-21)19(22)24-16-6-13(3)20(4)9-17-12(2)11-23-18(17)8-15(20)7-16/h5,11,13,15-16,21H,6-10H2,1-4H3/t13-,15+,16+,20+/m0/s1. The molecule has 0 amide bonds. The van der Waals surface area contributed by atoms with Gasteiger partial charge in [0.2, 0.25) is 0 Å². The molecule has 3 rings (SSSR count). The van der Waals surface area contributed by atoms with Crippen LogP contribution in [0.1, 0.15) is 50.5 Å². The lowest BCUT2D eigenvalue weighted by atomic mass is 9.55. The van der Waals surface area contributed by atoms with Crippen molar-refractivity contribution in [1.82, 2.24) is 0 Å². The number of esters is 1. The molecule has 1 heterocycles. The van der Waals surface area contributed by atoms with Crippen LogP contribution in [0.4, 0.5) is 0 Å². The molecule has 0 bridgehead atoms. The second kappa shape index (κ2) is 6.40. The zero-order chi connectivity index (χ0) is 17.5. The molecule has 1 fully saturated rings. The lowest BCUT2D eigenvalue weighted by molar-refractivity contribution is -0.152. The van der Waals surface area contributed by atoms with Crippen molar-refractivity contribution in [3.63, 3.8) is 0 Å². The molecule has 1 aromatic heterocycles. The fourth-order valence-corrected chi connectivity index (χ4v) is 4.52. The Morgan fingerprint density at radius 2 is 2.25 bits per heavy atom. The Morgan fingerprint density at radius 3 is 2.92 bits per heavy atom. The summed E-state index contributed by atoms with van der Waals surface area (Å²) in [6.07, 6.45) is 7.14. The highest BCUT2D eigenvalue weighted by Crippen LogP contribution is 2.53. The molecule has 2 aliphatic carbocycles. The largest absolute Gasteiger partial charge is 0.469 e. The van der Waals surface area contributed by atoms with E-state index < -0.39 is 0 Å². The number of aliphatic hydroxyl groups excluding tert-OH is 1. The van der Waals surface area contributed by atoms with Crippen LogP contribution >= 0.6 is 0 Å². The van der Waals surface area contributed by atoms with Crippen molar-refractivity contribution in [2.45, 2.75) is 59.5 Å². The van der Waals surface area contributed by atoms with E-state index in [1.54, 1.807) is 13.0 Å². The summed E-state index contributed by atoms with van der Waals surface area (Å²) < 4.78 is 11.5. The number of furan rings is 1. The van der Waals surface area contributed by atoms with Gasteiger partial charge in [-0.15, -0.1) is 0 Å². The van der Waals surface area contributed by atoms with E-state index in [4.69, 9.17) is 9.15 Å². The van der Waals surface area contributed by atoms with E-state index in [0.29, 0.717) is 17.4 Å². The summed E-state index contributed by atoms with van der Waals surface area (Å²) in [5.74, 6) is 1.66. The van der Waals surface area contributed by atoms with Gasteiger partial charge >= 0.3 is 5.97 Å². The SMILES string of the molecule is CC=C(CO)C(=O)O[C@H]1C[C@@H]2Cc3occ(C)c3C[C@]2(C)[C@@H](C)C1. The van der Waals surface area contributed by atoms with Crippen molar-refractivity contribution in [3.8, 4) is 0 Å². The van der Waals surface area contributed by atoms with Gasteiger partial charge in [-0.2, -0.15) is 0 Å². The van der Waals surface area contributed by atoms with Crippen LogP contribution in [-0.2, 0) is 22.4 Å². The number of rotatable bonds is 3. The number of ether oxygens (including phenoxy) is 1. The molecule has 0 radical (unpaired) electrons. The normalized spacial score (nSPS) is 32.9. The molecule has 0 aromatic carbocycles. The van der Waals surface area contributed by atoms with Crippen LogP contribution < -0.4 is 0 Å². The van der Waals surface area contributed by atoms with Gasteiger partial charge in [-0.1, -0.05) is 19.9 Å². The van der Waals surface area contributed by atoms with Crippen LogP contribution in [0, 0.1) is 24.2 Å². The van der Waals surface area contributed by atoms with E-state index in [0.717, 1.165) is 31.4 Å². The Bertz CT molecular complexity index is 657. The summed E-state index contributed by atoms with van der Waals surface area (Å²) in [6.45, 7) is 8.25. The fraction of sp³-hybridized carbons (Fsp3) is 0.650. The summed E-state index contributed by atoms with van der Waals surface area (Å²) in [5, 5.41) is 9.24. The van der Waals surface area contributed by atoms with Crippen LogP contribution in [0.2, 0.25) is 0 Å². The van der Waals surface area contributed by atoms with Gasteiger partial charge in [0.1, 0.15) is 11.9 Å². The number of aryl methyl sites for hydroxylation is 1. The van der Waals surface area contributed by atoms with Gasteiger partial charge < -0.3 is 14.3 Å². The van der Waals surface area contributed by atoms with Gasteiger partial charge in [-0.05, 0) is 61.5 Å². The Hall–Kier alpha value is -1.55. The monoisotopic (exact) mass is 332 g/mol. The maximum atomic E-state index is 12.2. The predicted molar refractivity (Wildman–Crippen MR) is 91.6 cm³/mol. The third kappa shape index (κ3) is 2.81. The highest BCUT2D eigenvalue weighted by atomic mass is 16.5. The maximum absolute atomic E-state index is 12.2. The molecule has 132 valence electrons. The van der Waals surface area contributed by atoms with Crippen molar-refractivity contribution in [3.05, 3.63) is 34.8 Å². The van der Waals surface area contributed by atoms with E-state index in [-0.39, 0.29) is 24.1 Å². The highest BCUT2D eigenvalue weighted by molar-refractivity contribution is 5.88. The summed E-state index contributed by atoms with van der Waals surface area (Å²) in [5.41, 5.74) is 3.20. The van der Waals surface area contributed by atoms with Crippen molar-refractivity contribution in [2.75, 3.05) is 6.61 Å². The first-order valence-electron chi connectivity index (χ1n) is 8.91. The Labute approximate surface area is 143 Å². The molecule has 4 heteroatoms. The van der Waals surface area contributed by atoms with E-state index in [1.165, 1.54) is 11.1 Å². The van der Waals surface area contributed by atoms with Gasteiger partial charge in [0.15, 0.2) is 0 Å².